The summed E-state index contributed by atoms with van der Waals surface area (Å²) in [7, 11) is -1.57. The van der Waals surface area contributed by atoms with E-state index >= 15 is 0 Å². The number of halogens is 1. The number of likely N-dealkylation sites (N-methyl/N-ethyl adjacent to an activating group) is 1. The minimum Gasteiger partial charge on any atom is -0.344 e. The lowest BCUT2D eigenvalue weighted by atomic mass is 10.1. The van der Waals surface area contributed by atoms with Gasteiger partial charge in [0.1, 0.15) is 0 Å². The van der Waals surface area contributed by atoms with Crippen LogP contribution in [-0.4, -0.2) is 50.5 Å². The van der Waals surface area contributed by atoms with Crippen molar-refractivity contribution in [2.75, 3.05) is 25.2 Å². The molecule has 0 aromatic carbocycles. The van der Waals surface area contributed by atoms with E-state index < -0.39 is 10.0 Å². The average Bonchev–Trinajstić information content (AvgIpc) is 2.20. The van der Waals surface area contributed by atoms with Crippen molar-refractivity contribution in [3.05, 3.63) is 0 Å². The molecule has 0 bridgehead atoms. The zero-order valence-corrected chi connectivity index (χ0v) is 10.9. The lowest BCUT2D eigenvalue weighted by Crippen LogP contribution is -2.48. The maximum atomic E-state index is 11.6. The molecule has 5 nitrogen and oxygen atoms in total. The van der Waals surface area contributed by atoms with Gasteiger partial charge >= 0.3 is 0 Å². The van der Waals surface area contributed by atoms with Gasteiger partial charge in [-0.05, 0) is 12.8 Å². The number of likely N-dealkylation sites (tertiary alicyclic amines) is 1. The highest BCUT2D eigenvalue weighted by molar-refractivity contribution is 7.89. The van der Waals surface area contributed by atoms with Gasteiger partial charge in [-0.1, -0.05) is 0 Å². The molecule has 0 radical (unpaired) electrons. The van der Waals surface area contributed by atoms with Crippen LogP contribution in [-0.2, 0) is 14.8 Å². The van der Waals surface area contributed by atoms with Gasteiger partial charge in [0.05, 0.1) is 5.75 Å². The monoisotopic (exact) mass is 268 g/mol. The molecule has 0 spiro atoms. The number of carbonyl (C=O) groups excluding carboxylic acids is 1. The Kier molecular flexibility index (Phi) is 5.01. The maximum Gasteiger partial charge on any atom is 0.222 e. The Morgan fingerprint density at radius 2 is 2.25 bits per heavy atom. The third-order valence-electron chi connectivity index (χ3n) is 2.52. The van der Waals surface area contributed by atoms with Crippen LogP contribution in [0.3, 0.4) is 0 Å². The van der Waals surface area contributed by atoms with Crippen LogP contribution in [0.4, 0.5) is 0 Å². The second-order valence-corrected chi connectivity index (χ2v) is 6.24. The smallest absolute Gasteiger partial charge is 0.222 e. The van der Waals surface area contributed by atoms with Gasteiger partial charge in [-0.25, -0.2) is 13.1 Å². The highest BCUT2D eigenvalue weighted by atomic mass is 35.5. The van der Waals surface area contributed by atoms with E-state index in [1.165, 1.54) is 0 Å². The summed E-state index contributed by atoms with van der Waals surface area (Å²) in [6, 6.07) is -0.164. The quantitative estimate of drug-likeness (QED) is 0.722. The average molecular weight is 269 g/mol. The summed E-state index contributed by atoms with van der Waals surface area (Å²) in [5, 5.41) is 0. The minimum absolute atomic E-state index is 0.0463. The number of hydrogen-bond acceptors (Lipinski definition) is 3. The predicted molar refractivity (Wildman–Crippen MR) is 62.9 cm³/mol. The molecule has 1 fully saturated rings. The number of carbonyl (C=O) groups is 1. The Morgan fingerprint density at radius 1 is 1.56 bits per heavy atom. The van der Waals surface area contributed by atoms with Crippen molar-refractivity contribution < 1.29 is 13.2 Å². The molecule has 1 rings (SSSR count). The van der Waals surface area contributed by atoms with Crippen LogP contribution in [0, 0.1) is 0 Å². The number of nitrogens with zero attached hydrogens (tertiary/aromatic N) is 1. The molecule has 1 N–H and O–H groups in total. The fraction of sp³-hybridized carbons (Fsp3) is 0.889. The Hall–Kier alpha value is -0.330. The van der Waals surface area contributed by atoms with Crippen LogP contribution in [0.5, 0.6) is 0 Å². The lowest BCUT2D eigenvalue weighted by Gasteiger charge is -2.29. The summed E-state index contributed by atoms with van der Waals surface area (Å²) < 4.78 is 25.7. The molecule has 1 saturated heterocycles. The van der Waals surface area contributed by atoms with Crippen LogP contribution in [0.25, 0.3) is 0 Å². The first kappa shape index (κ1) is 13.7. The SMILES string of the molecule is CN1CC(NS(=O)(=O)CCCCl)CCC1=O. The van der Waals surface area contributed by atoms with E-state index in [2.05, 4.69) is 4.72 Å². The van der Waals surface area contributed by atoms with Crippen molar-refractivity contribution in [3.63, 3.8) is 0 Å². The molecular formula is C9H17ClN2O3S. The molecule has 0 aliphatic carbocycles. The van der Waals surface area contributed by atoms with Crippen molar-refractivity contribution in [1.29, 1.82) is 0 Å². The fourth-order valence-electron chi connectivity index (χ4n) is 1.67. The highest BCUT2D eigenvalue weighted by Crippen LogP contribution is 2.10. The van der Waals surface area contributed by atoms with Gasteiger partial charge in [0.2, 0.25) is 15.9 Å². The molecule has 1 unspecified atom stereocenters. The van der Waals surface area contributed by atoms with Gasteiger partial charge < -0.3 is 4.90 Å². The van der Waals surface area contributed by atoms with E-state index in [9.17, 15) is 13.2 Å². The molecule has 0 aromatic heterocycles. The first-order chi connectivity index (χ1) is 7.44. The molecular weight excluding hydrogens is 252 g/mol. The van der Waals surface area contributed by atoms with Gasteiger partial charge in [0.15, 0.2) is 0 Å². The van der Waals surface area contributed by atoms with Crippen LogP contribution >= 0.6 is 11.6 Å². The summed E-state index contributed by atoms with van der Waals surface area (Å²) >= 11 is 5.45. The first-order valence-electron chi connectivity index (χ1n) is 5.24. The largest absolute Gasteiger partial charge is 0.344 e. The number of hydrogen-bond donors (Lipinski definition) is 1. The maximum absolute atomic E-state index is 11.6. The molecule has 1 heterocycles. The third kappa shape index (κ3) is 4.27. The van der Waals surface area contributed by atoms with E-state index in [-0.39, 0.29) is 17.7 Å². The first-order valence-corrected chi connectivity index (χ1v) is 7.43. The second-order valence-electron chi connectivity index (χ2n) is 3.99. The van der Waals surface area contributed by atoms with Crippen LogP contribution < -0.4 is 4.72 Å². The lowest BCUT2D eigenvalue weighted by molar-refractivity contribution is -0.132. The van der Waals surface area contributed by atoms with E-state index in [0.717, 1.165) is 0 Å². The summed E-state index contributed by atoms with van der Waals surface area (Å²) in [6.45, 7) is 0.443. The Morgan fingerprint density at radius 3 is 2.81 bits per heavy atom. The van der Waals surface area contributed by atoms with E-state index in [1.54, 1.807) is 11.9 Å². The molecule has 7 heteroatoms. The Bertz CT molecular complexity index is 345. The van der Waals surface area contributed by atoms with Crippen molar-refractivity contribution in [2.45, 2.75) is 25.3 Å². The molecule has 94 valence electrons. The van der Waals surface area contributed by atoms with Crippen molar-refractivity contribution in [2.24, 2.45) is 0 Å². The van der Waals surface area contributed by atoms with Gasteiger partial charge in [0.25, 0.3) is 0 Å². The predicted octanol–water partition coefficient (Wildman–Crippen LogP) is 0.155. The van der Waals surface area contributed by atoms with E-state index in [4.69, 9.17) is 11.6 Å². The van der Waals surface area contributed by atoms with Crippen LogP contribution in [0.2, 0.25) is 0 Å². The van der Waals surface area contributed by atoms with Crippen molar-refractivity contribution >= 4 is 27.5 Å². The molecule has 1 aliphatic rings. The fourth-order valence-corrected chi connectivity index (χ4v) is 3.30. The molecule has 1 aliphatic heterocycles. The van der Waals surface area contributed by atoms with Crippen LogP contribution in [0.15, 0.2) is 0 Å². The normalized spacial score (nSPS) is 22.5. The third-order valence-corrected chi connectivity index (χ3v) is 4.31. The van der Waals surface area contributed by atoms with E-state index in [1.807, 2.05) is 0 Å². The highest BCUT2D eigenvalue weighted by Gasteiger charge is 2.25. The zero-order valence-electron chi connectivity index (χ0n) is 9.28. The van der Waals surface area contributed by atoms with Gasteiger partial charge in [0, 0.05) is 31.9 Å². The second kappa shape index (κ2) is 5.84. The topological polar surface area (TPSA) is 66.5 Å². The van der Waals surface area contributed by atoms with Gasteiger partial charge in [-0.2, -0.15) is 0 Å². The number of sulfonamides is 1. The summed E-state index contributed by atoms with van der Waals surface area (Å²) in [4.78, 5) is 12.8. The molecule has 1 atom stereocenters. The standard InChI is InChI=1S/C9H17ClN2O3S/c1-12-7-8(3-4-9(12)13)11-16(14,15)6-2-5-10/h8,11H,2-7H2,1H3. The Labute approximate surface area is 101 Å². The van der Waals surface area contributed by atoms with Crippen molar-refractivity contribution in [3.8, 4) is 0 Å². The summed E-state index contributed by atoms with van der Waals surface area (Å²) in [6.07, 6.45) is 1.42. The number of alkyl halides is 1. The number of amides is 1. The zero-order chi connectivity index (χ0) is 12.2. The minimum atomic E-state index is -3.26. The molecule has 16 heavy (non-hydrogen) atoms. The van der Waals surface area contributed by atoms with Gasteiger partial charge in [-0.3, -0.25) is 4.79 Å². The van der Waals surface area contributed by atoms with Crippen molar-refractivity contribution in [1.82, 2.24) is 9.62 Å². The molecule has 0 aromatic rings. The summed E-state index contributed by atoms with van der Waals surface area (Å²) in [5.74, 6) is 0.449. The number of nitrogens with one attached hydrogen (secondary N) is 1. The molecule has 1 amide bonds. The van der Waals surface area contributed by atoms with Crippen LogP contribution in [0.1, 0.15) is 19.3 Å². The number of piperidine rings is 1. The molecule has 0 saturated carbocycles. The van der Waals surface area contributed by atoms with E-state index in [0.29, 0.717) is 31.7 Å². The number of rotatable bonds is 5. The Balaban J connectivity index is 2.45. The summed E-state index contributed by atoms with van der Waals surface area (Å²) in [5.41, 5.74) is 0. The van der Waals surface area contributed by atoms with Gasteiger partial charge in [-0.15, -0.1) is 11.6 Å².